The van der Waals surface area contributed by atoms with Gasteiger partial charge in [0.1, 0.15) is 5.65 Å². The van der Waals surface area contributed by atoms with E-state index in [-0.39, 0.29) is 5.56 Å². The van der Waals surface area contributed by atoms with Crippen LogP contribution in [0.25, 0.3) is 5.65 Å². The first-order valence-electron chi connectivity index (χ1n) is 7.33. The molecule has 4 heteroatoms. The Morgan fingerprint density at radius 1 is 1.40 bits per heavy atom. The fraction of sp³-hybridized carbons (Fsp3) is 0.500. The number of hydrogen-bond acceptors (Lipinski definition) is 3. The number of rotatable bonds is 2. The van der Waals surface area contributed by atoms with Gasteiger partial charge in [0.25, 0.3) is 5.56 Å². The maximum absolute atomic E-state index is 12.2. The van der Waals surface area contributed by atoms with Crippen molar-refractivity contribution in [3.63, 3.8) is 0 Å². The minimum absolute atomic E-state index is 0.0127. The molecule has 4 nitrogen and oxygen atoms in total. The van der Waals surface area contributed by atoms with Gasteiger partial charge in [-0.15, -0.1) is 0 Å². The molecule has 3 heterocycles. The Morgan fingerprint density at radius 3 is 3.05 bits per heavy atom. The number of hydrogen-bond donors (Lipinski definition) is 0. The van der Waals surface area contributed by atoms with Crippen molar-refractivity contribution < 1.29 is 0 Å². The number of aryl methyl sites for hydroxylation is 1. The van der Waals surface area contributed by atoms with Gasteiger partial charge in [0, 0.05) is 25.4 Å². The number of pyridine rings is 1. The van der Waals surface area contributed by atoms with E-state index < -0.39 is 0 Å². The predicted molar refractivity (Wildman–Crippen MR) is 79.9 cm³/mol. The van der Waals surface area contributed by atoms with Gasteiger partial charge in [0.15, 0.2) is 0 Å². The lowest BCUT2D eigenvalue weighted by atomic mass is 10.0. The SMILES string of the molecule is Cc1ccc2nc(CN3CCC[C@@H](C)C3)cc(=O)n2c1. The van der Waals surface area contributed by atoms with Crippen LogP contribution in [0.3, 0.4) is 0 Å². The molecule has 20 heavy (non-hydrogen) atoms. The molecule has 0 unspecified atom stereocenters. The first-order valence-corrected chi connectivity index (χ1v) is 7.33. The molecule has 1 aliphatic heterocycles. The van der Waals surface area contributed by atoms with Gasteiger partial charge in [0.05, 0.1) is 5.69 Å². The van der Waals surface area contributed by atoms with Gasteiger partial charge < -0.3 is 0 Å². The fourth-order valence-corrected chi connectivity index (χ4v) is 3.00. The highest BCUT2D eigenvalue weighted by molar-refractivity contribution is 5.39. The zero-order chi connectivity index (χ0) is 14.1. The highest BCUT2D eigenvalue weighted by atomic mass is 16.1. The Hall–Kier alpha value is -1.68. The molecule has 0 amide bonds. The zero-order valence-corrected chi connectivity index (χ0v) is 12.2. The molecule has 0 aliphatic carbocycles. The van der Waals surface area contributed by atoms with E-state index in [4.69, 9.17) is 0 Å². The summed E-state index contributed by atoms with van der Waals surface area (Å²) in [7, 11) is 0. The van der Waals surface area contributed by atoms with Crippen molar-refractivity contribution in [2.75, 3.05) is 13.1 Å². The summed E-state index contributed by atoms with van der Waals surface area (Å²) in [4.78, 5) is 19.2. The topological polar surface area (TPSA) is 37.6 Å². The average molecular weight is 271 g/mol. The van der Waals surface area contributed by atoms with Crippen molar-refractivity contribution in [2.24, 2.45) is 5.92 Å². The zero-order valence-electron chi connectivity index (χ0n) is 12.2. The van der Waals surface area contributed by atoms with Crippen LogP contribution in [0.2, 0.25) is 0 Å². The van der Waals surface area contributed by atoms with Crippen molar-refractivity contribution in [3.05, 3.63) is 46.0 Å². The fourth-order valence-electron chi connectivity index (χ4n) is 3.00. The maximum atomic E-state index is 12.2. The molecular weight excluding hydrogens is 250 g/mol. The summed E-state index contributed by atoms with van der Waals surface area (Å²) in [5.74, 6) is 0.743. The summed E-state index contributed by atoms with van der Waals surface area (Å²) in [5.41, 5.74) is 2.70. The Morgan fingerprint density at radius 2 is 2.25 bits per heavy atom. The third-order valence-electron chi connectivity index (χ3n) is 3.99. The van der Waals surface area contributed by atoms with Crippen LogP contribution in [0.15, 0.2) is 29.2 Å². The molecule has 1 saturated heterocycles. The molecule has 0 radical (unpaired) electrons. The second-order valence-electron chi connectivity index (χ2n) is 6.00. The van der Waals surface area contributed by atoms with Gasteiger partial charge >= 0.3 is 0 Å². The van der Waals surface area contributed by atoms with E-state index in [2.05, 4.69) is 16.8 Å². The maximum Gasteiger partial charge on any atom is 0.258 e. The first-order chi connectivity index (χ1) is 9.61. The van der Waals surface area contributed by atoms with E-state index in [0.717, 1.165) is 42.5 Å². The number of nitrogens with zero attached hydrogens (tertiary/aromatic N) is 3. The molecule has 2 aromatic rings. The molecule has 1 fully saturated rings. The van der Waals surface area contributed by atoms with Crippen LogP contribution in [0, 0.1) is 12.8 Å². The van der Waals surface area contributed by atoms with Crippen LogP contribution < -0.4 is 5.56 Å². The summed E-state index contributed by atoms with van der Waals surface area (Å²) in [6, 6.07) is 5.58. The summed E-state index contributed by atoms with van der Waals surface area (Å²) in [5, 5.41) is 0. The van der Waals surface area contributed by atoms with Gasteiger partial charge in [0.2, 0.25) is 0 Å². The number of fused-ring (bicyclic) bond motifs is 1. The minimum atomic E-state index is 0.0127. The minimum Gasteiger partial charge on any atom is -0.297 e. The Bertz CT molecular complexity index is 677. The molecule has 0 spiro atoms. The lowest BCUT2D eigenvalue weighted by Gasteiger charge is -2.30. The van der Waals surface area contributed by atoms with Crippen LogP contribution in [-0.4, -0.2) is 27.4 Å². The monoisotopic (exact) mass is 271 g/mol. The summed E-state index contributed by atoms with van der Waals surface area (Å²) in [6.07, 6.45) is 4.40. The molecule has 0 aromatic carbocycles. The van der Waals surface area contributed by atoms with Crippen molar-refractivity contribution in [1.82, 2.24) is 14.3 Å². The number of likely N-dealkylation sites (tertiary alicyclic amines) is 1. The smallest absolute Gasteiger partial charge is 0.258 e. The molecule has 1 aliphatic rings. The second kappa shape index (κ2) is 5.37. The lowest BCUT2D eigenvalue weighted by Crippen LogP contribution is -2.34. The van der Waals surface area contributed by atoms with Crippen LogP contribution in [0.1, 0.15) is 31.0 Å². The van der Waals surface area contributed by atoms with Crippen molar-refractivity contribution >= 4 is 5.65 Å². The molecule has 3 rings (SSSR count). The largest absolute Gasteiger partial charge is 0.297 e. The third kappa shape index (κ3) is 2.75. The van der Waals surface area contributed by atoms with Crippen LogP contribution >= 0.6 is 0 Å². The predicted octanol–water partition coefficient (Wildman–Crippen LogP) is 2.23. The second-order valence-corrected chi connectivity index (χ2v) is 6.00. The molecule has 1 atom stereocenters. The van der Waals surface area contributed by atoms with Crippen LogP contribution in [0.4, 0.5) is 0 Å². The highest BCUT2D eigenvalue weighted by Crippen LogP contribution is 2.17. The van der Waals surface area contributed by atoms with Gasteiger partial charge in [-0.2, -0.15) is 0 Å². The molecule has 0 bridgehead atoms. The van der Waals surface area contributed by atoms with Crippen LogP contribution in [0.5, 0.6) is 0 Å². The Labute approximate surface area is 119 Å². The van der Waals surface area contributed by atoms with Gasteiger partial charge in [-0.25, -0.2) is 4.98 Å². The van der Waals surface area contributed by atoms with Crippen molar-refractivity contribution in [2.45, 2.75) is 33.2 Å². The van der Waals surface area contributed by atoms with E-state index in [1.807, 2.05) is 25.3 Å². The molecule has 106 valence electrons. The van der Waals surface area contributed by atoms with E-state index >= 15 is 0 Å². The Balaban J connectivity index is 1.89. The average Bonchev–Trinajstić information content (AvgIpc) is 2.40. The highest BCUT2D eigenvalue weighted by Gasteiger charge is 2.17. The molecule has 0 saturated carbocycles. The van der Waals surface area contributed by atoms with E-state index in [1.54, 1.807) is 10.5 Å². The van der Waals surface area contributed by atoms with E-state index in [9.17, 15) is 4.79 Å². The molecule has 2 aromatic heterocycles. The lowest BCUT2D eigenvalue weighted by molar-refractivity contribution is 0.175. The van der Waals surface area contributed by atoms with Crippen molar-refractivity contribution in [3.8, 4) is 0 Å². The summed E-state index contributed by atoms with van der Waals surface area (Å²) < 4.78 is 1.62. The normalized spacial score (nSPS) is 20.4. The van der Waals surface area contributed by atoms with Crippen molar-refractivity contribution in [1.29, 1.82) is 0 Å². The third-order valence-corrected chi connectivity index (χ3v) is 3.99. The van der Waals surface area contributed by atoms with E-state index in [1.165, 1.54) is 12.8 Å². The standard InChI is InChI=1S/C16H21N3O/c1-12-4-3-7-18(9-12)11-14-8-16(20)19-10-13(2)5-6-15(19)17-14/h5-6,8,10,12H,3-4,7,9,11H2,1-2H3/t12-/m1/s1. The summed E-state index contributed by atoms with van der Waals surface area (Å²) in [6.45, 7) is 7.27. The number of aromatic nitrogens is 2. The quantitative estimate of drug-likeness (QED) is 0.840. The molecular formula is C16H21N3O. The van der Waals surface area contributed by atoms with E-state index in [0.29, 0.717) is 0 Å². The van der Waals surface area contributed by atoms with Gasteiger partial charge in [-0.3, -0.25) is 14.1 Å². The first kappa shape index (κ1) is 13.3. The van der Waals surface area contributed by atoms with Gasteiger partial charge in [-0.05, 0) is 43.9 Å². The summed E-state index contributed by atoms with van der Waals surface area (Å²) >= 11 is 0. The van der Waals surface area contributed by atoms with Crippen LogP contribution in [-0.2, 0) is 6.54 Å². The van der Waals surface area contributed by atoms with Gasteiger partial charge in [-0.1, -0.05) is 13.0 Å². The Kier molecular flexibility index (Phi) is 3.57. The number of piperidine rings is 1. The molecule has 0 N–H and O–H groups in total.